The maximum absolute atomic E-state index is 13.7. The van der Waals surface area contributed by atoms with E-state index in [1.165, 1.54) is 11.0 Å². The van der Waals surface area contributed by atoms with E-state index in [0.717, 1.165) is 0 Å². The summed E-state index contributed by atoms with van der Waals surface area (Å²) in [7, 11) is 1.65. The number of aliphatic hydroxyl groups excluding tert-OH is 1. The molecule has 5 amide bonds. The number of fused-ring (bicyclic) bond motifs is 2. The molecular weight excluding hydrogens is 572 g/mol. The lowest BCUT2D eigenvalue weighted by Gasteiger charge is -2.38. The van der Waals surface area contributed by atoms with Gasteiger partial charge in [-0.3, -0.25) is 4.79 Å². The van der Waals surface area contributed by atoms with E-state index in [4.69, 9.17) is 18.7 Å². The molecular formula is C30H36N6O8. The summed E-state index contributed by atoms with van der Waals surface area (Å²) in [5.74, 6) is 1.35. The minimum Gasteiger partial charge on any atom is -0.487 e. The van der Waals surface area contributed by atoms with Gasteiger partial charge in [0.15, 0.2) is 17.3 Å². The van der Waals surface area contributed by atoms with Crippen molar-refractivity contribution >= 4 is 35.0 Å². The van der Waals surface area contributed by atoms with Crippen LogP contribution in [0.1, 0.15) is 35.7 Å². The number of nitrogens with one attached hydrogen (secondary N) is 3. The standard InChI is InChI=1S/C30H36N6O8/c1-16-12-36(17(2)14-37)28(38)22-10-20(31-29(39)32-21-7-9-24-25(11-21)42-15-41-24)6-8-23(22)43-26(16)13-35(5)30(40)33-27-18(3)34-44-19(27)4/h6-11,16-17,26,37H,12-15H2,1-5H3,(H,33,40)(H2,31,32,39)/t16-,17+,26+/m1/s1. The maximum atomic E-state index is 13.7. The largest absolute Gasteiger partial charge is 0.487 e. The highest BCUT2D eigenvalue weighted by Crippen LogP contribution is 2.35. The highest BCUT2D eigenvalue weighted by Gasteiger charge is 2.34. The van der Waals surface area contributed by atoms with E-state index in [2.05, 4.69) is 21.1 Å². The molecule has 3 atom stereocenters. The zero-order valence-corrected chi connectivity index (χ0v) is 25.2. The van der Waals surface area contributed by atoms with Crippen LogP contribution in [0.4, 0.5) is 26.7 Å². The molecule has 14 nitrogen and oxygen atoms in total. The number of rotatable bonds is 7. The van der Waals surface area contributed by atoms with Crippen LogP contribution < -0.4 is 30.2 Å². The number of aryl methyl sites for hydroxylation is 2. The molecule has 4 N–H and O–H groups in total. The van der Waals surface area contributed by atoms with Crippen LogP contribution >= 0.6 is 0 Å². The van der Waals surface area contributed by atoms with Crippen molar-refractivity contribution in [2.24, 2.45) is 5.92 Å². The second kappa shape index (κ2) is 12.7. The van der Waals surface area contributed by atoms with Crippen molar-refractivity contribution in [2.75, 3.05) is 49.5 Å². The number of likely N-dealkylation sites (N-methyl/N-ethyl adjacent to an activating group) is 1. The van der Waals surface area contributed by atoms with E-state index in [1.54, 1.807) is 63.1 Å². The van der Waals surface area contributed by atoms with Gasteiger partial charge in [0.25, 0.3) is 5.91 Å². The highest BCUT2D eigenvalue weighted by molar-refractivity contribution is 6.02. The number of anilines is 3. The van der Waals surface area contributed by atoms with Crippen molar-refractivity contribution in [3.05, 3.63) is 53.4 Å². The smallest absolute Gasteiger partial charge is 0.323 e. The molecule has 0 spiro atoms. The monoisotopic (exact) mass is 608 g/mol. The SMILES string of the molecule is Cc1noc(C)c1NC(=O)N(C)C[C@@H]1Oc2ccc(NC(=O)Nc3ccc4c(c3)OCO4)cc2C(=O)N([C@@H](C)CO)C[C@H]1C. The Labute approximate surface area is 254 Å². The summed E-state index contributed by atoms with van der Waals surface area (Å²) in [5, 5.41) is 22.1. The number of ether oxygens (including phenoxy) is 3. The number of aromatic nitrogens is 1. The van der Waals surface area contributed by atoms with Gasteiger partial charge in [-0.1, -0.05) is 12.1 Å². The van der Waals surface area contributed by atoms with Crippen LogP contribution in [0.15, 0.2) is 40.9 Å². The second-order valence-electron chi connectivity index (χ2n) is 11.0. The molecule has 0 bridgehead atoms. The van der Waals surface area contributed by atoms with E-state index in [-0.39, 0.29) is 49.9 Å². The predicted octanol–water partition coefficient (Wildman–Crippen LogP) is 4.05. The van der Waals surface area contributed by atoms with Gasteiger partial charge in [0, 0.05) is 37.0 Å². The van der Waals surface area contributed by atoms with Gasteiger partial charge in [-0.05, 0) is 51.1 Å². The van der Waals surface area contributed by atoms with Crippen LogP contribution in [-0.4, -0.2) is 83.7 Å². The third kappa shape index (κ3) is 6.49. The van der Waals surface area contributed by atoms with Gasteiger partial charge in [-0.25, -0.2) is 9.59 Å². The number of carbonyl (C=O) groups excluding carboxylic acids is 3. The number of benzene rings is 2. The number of nitrogens with zero attached hydrogens (tertiary/aromatic N) is 3. The molecule has 14 heteroatoms. The Bertz CT molecular complexity index is 1540. The minimum atomic E-state index is -0.527. The van der Waals surface area contributed by atoms with Gasteiger partial charge in [-0.15, -0.1) is 0 Å². The van der Waals surface area contributed by atoms with E-state index in [1.807, 2.05) is 6.92 Å². The quantitative estimate of drug-likeness (QED) is 0.309. The molecule has 0 aliphatic carbocycles. The number of urea groups is 2. The Morgan fingerprint density at radius 3 is 2.43 bits per heavy atom. The molecule has 2 aliphatic rings. The Morgan fingerprint density at radius 1 is 1.07 bits per heavy atom. The molecule has 3 heterocycles. The molecule has 1 aromatic heterocycles. The molecule has 0 saturated heterocycles. The van der Waals surface area contributed by atoms with E-state index < -0.39 is 18.2 Å². The van der Waals surface area contributed by atoms with Crippen molar-refractivity contribution in [3.63, 3.8) is 0 Å². The summed E-state index contributed by atoms with van der Waals surface area (Å²) >= 11 is 0. The molecule has 0 fully saturated rings. The van der Waals surface area contributed by atoms with Gasteiger partial charge < -0.3 is 49.6 Å². The first-order valence-electron chi connectivity index (χ1n) is 14.2. The van der Waals surface area contributed by atoms with Crippen molar-refractivity contribution in [1.29, 1.82) is 0 Å². The Kier molecular flexibility index (Phi) is 8.81. The number of carbonyl (C=O) groups is 3. The van der Waals surface area contributed by atoms with Crippen molar-refractivity contribution < 1.29 is 38.2 Å². The van der Waals surface area contributed by atoms with Gasteiger partial charge in [0.1, 0.15) is 23.2 Å². The fourth-order valence-corrected chi connectivity index (χ4v) is 5.00. The second-order valence-corrected chi connectivity index (χ2v) is 11.0. The number of amides is 5. The number of hydrogen-bond donors (Lipinski definition) is 4. The van der Waals surface area contributed by atoms with E-state index in [9.17, 15) is 19.5 Å². The number of hydrogen-bond acceptors (Lipinski definition) is 9. The maximum Gasteiger partial charge on any atom is 0.323 e. The van der Waals surface area contributed by atoms with Crippen LogP contribution in [0, 0.1) is 19.8 Å². The van der Waals surface area contributed by atoms with Crippen molar-refractivity contribution in [3.8, 4) is 17.2 Å². The lowest BCUT2D eigenvalue weighted by Crippen LogP contribution is -2.50. The lowest BCUT2D eigenvalue weighted by molar-refractivity contribution is 0.0371. The van der Waals surface area contributed by atoms with Gasteiger partial charge in [-0.2, -0.15) is 0 Å². The fraction of sp³-hybridized carbons (Fsp3) is 0.400. The molecule has 234 valence electrons. The van der Waals surface area contributed by atoms with Crippen molar-refractivity contribution in [1.82, 2.24) is 15.0 Å². The van der Waals surface area contributed by atoms with Gasteiger partial charge in [0.05, 0.1) is 24.8 Å². The van der Waals surface area contributed by atoms with E-state index >= 15 is 0 Å². The van der Waals surface area contributed by atoms with Gasteiger partial charge >= 0.3 is 12.1 Å². The minimum absolute atomic E-state index is 0.119. The van der Waals surface area contributed by atoms with Crippen molar-refractivity contribution in [2.45, 2.75) is 39.8 Å². The Morgan fingerprint density at radius 2 is 1.75 bits per heavy atom. The summed E-state index contributed by atoms with van der Waals surface area (Å²) in [6.45, 7) is 7.48. The van der Waals surface area contributed by atoms with Crippen LogP contribution in [0.3, 0.4) is 0 Å². The molecule has 0 radical (unpaired) electrons. The zero-order chi connectivity index (χ0) is 31.5. The number of aliphatic hydroxyl groups is 1. The highest BCUT2D eigenvalue weighted by atomic mass is 16.7. The molecule has 0 unspecified atom stereocenters. The fourth-order valence-electron chi connectivity index (χ4n) is 5.00. The lowest BCUT2D eigenvalue weighted by atomic mass is 9.99. The third-order valence-corrected chi connectivity index (χ3v) is 7.62. The summed E-state index contributed by atoms with van der Waals surface area (Å²) < 4.78 is 22.2. The summed E-state index contributed by atoms with van der Waals surface area (Å²) in [4.78, 5) is 42.7. The van der Waals surface area contributed by atoms with Crippen LogP contribution in [0.25, 0.3) is 0 Å². The van der Waals surface area contributed by atoms with Gasteiger partial charge in [0.2, 0.25) is 6.79 Å². The molecule has 3 aromatic rings. The Balaban J connectivity index is 1.34. The van der Waals surface area contributed by atoms with Crippen LogP contribution in [0.2, 0.25) is 0 Å². The first kappa shape index (κ1) is 30.5. The summed E-state index contributed by atoms with van der Waals surface area (Å²) in [6, 6.07) is 8.43. The summed E-state index contributed by atoms with van der Waals surface area (Å²) in [6.07, 6.45) is -0.510. The average molecular weight is 609 g/mol. The molecule has 2 aliphatic heterocycles. The van der Waals surface area contributed by atoms with Crippen LogP contribution in [0.5, 0.6) is 17.2 Å². The average Bonchev–Trinajstić information content (AvgIpc) is 3.60. The van der Waals surface area contributed by atoms with E-state index in [0.29, 0.717) is 45.8 Å². The Hall–Kier alpha value is -4.98. The first-order chi connectivity index (χ1) is 21.0. The molecule has 5 rings (SSSR count). The summed E-state index contributed by atoms with van der Waals surface area (Å²) in [5.41, 5.74) is 2.15. The topological polar surface area (TPSA) is 168 Å². The third-order valence-electron chi connectivity index (χ3n) is 7.62. The zero-order valence-electron chi connectivity index (χ0n) is 25.2. The van der Waals surface area contributed by atoms with Crippen LogP contribution in [-0.2, 0) is 0 Å². The first-order valence-corrected chi connectivity index (χ1v) is 14.2. The molecule has 2 aromatic carbocycles. The normalized spacial score (nSPS) is 18.0. The molecule has 44 heavy (non-hydrogen) atoms. The predicted molar refractivity (Wildman–Crippen MR) is 160 cm³/mol. The molecule has 0 saturated carbocycles.